The molecule has 0 bridgehead atoms. The van der Waals surface area contributed by atoms with Gasteiger partial charge in [-0.15, -0.1) is 0 Å². The van der Waals surface area contributed by atoms with Gasteiger partial charge in [-0.1, -0.05) is 0 Å². The van der Waals surface area contributed by atoms with Gasteiger partial charge in [0.15, 0.2) is 17.3 Å². The fourth-order valence-electron chi connectivity index (χ4n) is 3.45. The summed E-state index contributed by atoms with van der Waals surface area (Å²) in [6.45, 7) is 1.62. The van der Waals surface area contributed by atoms with Gasteiger partial charge in [-0.3, -0.25) is 0 Å². The first-order chi connectivity index (χ1) is 14.2. The Morgan fingerprint density at radius 2 is 1.93 bits per heavy atom. The number of amides is 2. The molecule has 0 spiro atoms. The minimum Gasteiger partial charge on any atom is -0.493 e. The van der Waals surface area contributed by atoms with Crippen LogP contribution in [0, 0.1) is 0 Å². The summed E-state index contributed by atoms with van der Waals surface area (Å²) in [6.07, 6.45) is 6.03. The van der Waals surface area contributed by atoms with Crippen LogP contribution in [0.4, 0.5) is 4.79 Å². The van der Waals surface area contributed by atoms with E-state index in [-0.39, 0.29) is 6.03 Å². The number of hydrogen-bond acceptors (Lipinski definition) is 5. The van der Waals surface area contributed by atoms with Crippen molar-refractivity contribution in [2.45, 2.75) is 19.5 Å². The van der Waals surface area contributed by atoms with Gasteiger partial charge in [0.2, 0.25) is 0 Å². The van der Waals surface area contributed by atoms with Crippen molar-refractivity contribution in [3.8, 4) is 17.3 Å². The van der Waals surface area contributed by atoms with Crippen LogP contribution in [0.5, 0.6) is 11.5 Å². The number of fused-ring (bicyclic) bond motifs is 1. The maximum atomic E-state index is 12.7. The molecule has 4 rings (SSSR count). The van der Waals surface area contributed by atoms with Crippen LogP contribution in [0.25, 0.3) is 5.82 Å². The summed E-state index contributed by atoms with van der Waals surface area (Å²) in [5, 5.41) is 7.18. The Bertz CT molecular complexity index is 1000. The molecule has 0 fully saturated rings. The Labute approximate surface area is 169 Å². The molecule has 3 heterocycles. The highest BCUT2D eigenvalue weighted by Crippen LogP contribution is 2.33. The highest BCUT2D eigenvalue weighted by Gasteiger charge is 2.22. The third-order valence-electron chi connectivity index (χ3n) is 5.00. The van der Waals surface area contributed by atoms with E-state index >= 15 is 0 Å². The molecule has 0 saturated heterocycles. The van der Waals surface area contributed by atoms with Crippen molar-refractivity contribution < 1.29 is 14.3 Å². The molecule has 1 aromatic carbocycles. The molecule has 3 aromatic rings. The summed E-state index contributed by atoms with van der Waals surface area (Å²) in [5.41, 5.74) is 3.22. The number of benzene rings is 1. The number of pyridine rings is 1. The van der Waals surface area contributed by atoms with Crippen LogP contribution < -0.4 is 14.8 Å². The Kier molecular flexibility index (Phi) is 5.33. The van der Waals surface area contributed by atoms with E-state index in [0.717, 1.165) is 29.1 Å². The van der Waals surface area contributed by atoms with E-state index in [2.05, 4.69) is 15.4 Å². The fraction of sp³-hybridized carbons (Fsp3) is 0.286. The summed E-state index contributed by atoms with van der Waals surface area (Å²) in [7, 11) is 3.24. The van der Waals surface area contributed by atoms with Crippen LogP contribution in [0.15, 0.2) is 48.9 Å². The SMILES string of the molecule is COc1cc2c(cc1OC)CN(C(=O)NCc1ccnc(-n3cccn3)c1)CC2. The number of aromatic nitrogens is 3. The molecule has 0 radical (unpaired) electrons. The second kappa shape index (κ2) is 8.22. The minimum atomic E-state index is -0.0945. The zero-order valence-corrected chi connectivity index (χ0v) is 16.5. The lowest BCUT2D eigenvalue weighted by atomic mass is 9.99. The molecule has 1 aliphatic rings. The smallest absolute Gasteiger partial charge is 0.317 e. The first kappa shape index (κ1) is 18.8. The normalized spacial score (nSPS) is 13.0. The van der Waals surface area contributed by atoms with Gasteiger partial charge in [0.1, 0.15) is 0 Å². The zero-order valence-electron chi connectivity index (χ0n) is 16.5. The van der Waals surface area contributed by atoms with E-state index in [9.17, 15) is 4.79 Å². The average Bonchev–Trinajstić information content (AvgIpc) is 3.31. The van der Waals surface area contributed by atoms with Gasteiger partial charge < -0.3 is 19.7 Å². The van der Waals surface area contributed by atoms with Gasteiger partial charge in [-0.2, -0.15) is 5.10 Å². The van der Waals surface area contributed by atoms with Crippen molar-refractivity contribution >= 4 is 6.03 Å². The highest BCUT2D eigenvalue weighted by molar-refractivity contribution is 5.74. The van der Waals surface area contributed by atoms with E-state index in [1.807, 2.05) is 41.4 Å². The predicted octanol–water partition coefficient (Wildman–Crippen LogP) is 2.55. The van der Waals surface area contributed by atoms with Gasteiger partial charge in [-0.25, -0.2) is 14.5 Å². The number of ether oxygens (including phenoxy) is 2. The quantitative estimate of drug-likeness (QED) is 0.721. The van der Waals surface area contributed by atoms with Crippen molar-refractivity contribution in [3.63, 3.8) is 0 Å². The number of urea groups is 1. The number of carbonyl (C=O) groups is 1. The number of carbonyl (C=O) groups excluding carboxylic acids is 1. The number of rotatable bonds is 5. The van der Waals surface area contributed by atoms with Crippen molar-refractivity contribution in [1.82, 2.24) is 25.0 Å². The molecular weight excluding hydrogens is 370 g/mol. The maximum absolute atomic E-state index is 12.7. The van der Waals surface area contributed by atoms with Crippen LogP contribution in [0.2, 0.25) is 0 Å². The highest BCUT2D eigenvalue weighted by atomic mass is 16.5. The largest absolute Gasteiger partial charge is 0.493 e. The first-order valence-corrected chi connectivity index (χ1v) is 9.39. The van der Waals surface area contributed by atoms with E-state index in [4.69, 9.17) is 9.47 Å². The van der Waals surface area contributed by atoms with E-state index in [0.29, 0.717) is 25.4 Å². The van der Waals surface area contributed by atoms with Crippen molar-refractivity contribution in [1.29, 1.82) is 0 Å². The predicted molar refractivity (Wildman–Crippen MR) is 107 cm³/mol. The van der Waals surface area contributed by atoms with Crippen LogP contribution >= 0.6 is 0 Å². The van der Waals surface area contributed by atoms with Gasteiger partial charge in [0, 0.05) is 38.2 Å². The summed E-state index contributed by atoms with van der Waals surface area (Å²) in [5.74, 6) is 2.11. The van der Waals surface area contributed by atoms with Gasteiger partial charge in [0.25, 0.3) is 0 Å². The third-order valence-corrected chi connectivity index (χ3v) is 5.00. The van der Waals surface area contributed by atoms with Crippen LogP contribution in [-0.4, -0.2) is 46.5 Å². The number of nitrogens with zero attached hydrogens (tertiary/aromatic N) is 4. The molecule has 0 unspecified atom stereocenters. The monoisotopic (exact) mass is 393 g/mol. The molecule has 29 heavy (non-hydrogen) atoms. The van der Waals surface area contributed by atoms with Crippen LogP contribution in [-0.2, 0) is 19.5 Å². The molecule has 0 atom stereocenters. The molecule has 1 N–H and O–H groups in total. The van der Waals surface area contributed by atoms with E-state index < -0.39 is 0 Å². The van der Waals surface area contributed by atoms with Gasteiger partial charge in [-0.05, 0) is 53.4 Å². The summed E-state index contributed by atoms with van der Waals surface area (Å²) in [4.78, 5) is 18.8. The Balaban J connectivity index is 1.41. The van der Waals surface area contributed by atoms with Crippen molar-refractivity contribution in [2.24, 2.45) is 0 Å². The fourth-order valence-corrected chi connectivity index (χ4v) is 3.45. The molecular formula is C21H23N5O3. The van der Waals surface area contributed by atoms with Crippen LogP contribution in [0.1, 0.15) is 16.7 Å². The van der Waals surface area contributed by atoms with Gasteiger partial charge in [0.05, 0.1) is 14.2 Å². The van der Waals surface area contributed by atoms with Crippen LogP contribution in [0.3, 0.4) is 0 Å². The molecule has 0 aliphatic carbocycles. The number of hydrogen-bond donors (Lipinski definition) is 1. The zero-order chi connectivity index (χ0) is 20.2. The lowest BCUT2D eigenvalue weighted by Crippen LogP contribution is -2.42. The molecule has 2 aromatic heterocycles. The lowest BCUT2D eigenvalue weighted by Gasteiger charge is -2.29. The number of methoxy groups -OCH3 is 2. The summed E-state index contributed by atoms with van der Waals surface area (Å²) in [6, 6.07) is 9.49. The topological polar surface area (TPSA) is 81.5 Å². The van der Waals surface area contributed by atoms with Crippen molar-refractivity contribution in [3.05, 3.63) is 65.6 Å². The maximum Gasteiger partial charge on any atom is 0.317 e. The summed E-state index contributed by atoms with van der Waals surface area (Å²) >= 11 is 0. The molecule has 8 nitrogen and oxygen atoms in total. The second-order valence-electron chi connectivity index (χ2n) is 6.78. The molecule has 0 saturated carbocycles. The minimum absolute atomic E-state index is 0.0945. The molecule has 1 aliphatic heterocycles. The molecule has 8 heteroatoms. The Morgan fingerprint density at radius 3 is 2.66 bits per heavy atom. The number of nitrogens with one attached hydrogen (secondary N) is 1. The van der Waals surface area contributed by atoms with E-state index in [1.165, 1.54) is 5.56 Å². The molecule has 2 amide bonds. The van der Waals surface area contributed by atoms with E-state index in [1.54, 1.807) is 31.3 Å². The van der Waals surface area contributed by atoms with Gasteiger partial charge >= 0.3 is 6.03 Å². The standard InChI is InChI=1S/C21H23N5O3/c1-28-18-11-16-5-9-25(14-17(16)12-19(18)29-2)21(27)23-13-15-4-7-22-20(10-15)26-8-3-6-24-26/h3-4,6-8,10-12H,5,9,13-14H2,1-2H3,(H,23,27). The first-order valence-electron chi connectivity index (χ1n) is 9.39. The average molecular weight is 393 g/mol. The second-order valence-corrected chi connectivity index (χ2v) is 6.78. The Hall–Kier alpha value is -3.55. The lowest BCUT2D eigenvalue weighted by molar-refractivity contribution is 0.191. The summed E-state index contributed by atoms with van der Waals surface area (Å²) < 4.78 is 12.4. The third kappa shape index (κ3) is 4.01. The molecule has 150 valence electrons. The van der Waals surface area contributed by atoms with Crippen molar-refractivity contribution in [2.75, 3.05) is 20.8 Å². The Morgan fingerprint density at radius 1 is 1.14 bits per heavy atom.